The summed E-state index contributed by atoms with van der Waals surface area (Å²) in [7, 11) is 0. The molecule has 1 saturated heterocycles. The van der Waals surface area contributed by atoms with Gasteiger partial charge in [0.25, 0.3) is 0 Å². The van der Waals surface area contributed by atoms with Crippen molar-refractivity contribution >= 4 is 12.2 Å². The van der Waals surface area contributed by atoms with E-state index in [0.717, 1.165) is 0 Å². The predicted molar refractivity (Wildman–Crippen MR) is 51.2 cm³/mol. The molecule has 1 atom stereocenters. The molecule has 4 N–H and O–H groups in total. The molecule has 0 saturated carbocycles. The summed E-state index contributed by atoms with van der Waals surface area (Å²) in [5, 5.41) is 0. The lowest BCUT2D eigenvalue weighted by atomic mass is 10.3. The standard InChI is InChI=1S/C8H16N4O2/c9-5-8(14)12-3-1-11(2-4-12)7(10)6-13/h6-7H,1-5,9-10H2. The number of carbonyl (C=O) groups excluding carboxylic acids is 2. The number of nitrogens with two attached hydrogens (primary N) is 2. The molecular formula is C8H16N4O2. The van der Waals surface area contributed by atoms with Crippen LogP contribution in [0.4, 0.5) is 0 Å². The van der Waals surface area contributed by atoms with Gasteiger partial charge in [-0.3, -0.25) is 9.69 Å². The molecule has 1 unspecified atom stereocenters. The van der Waals surface area contributed by atoms with Crippen molar-refractivity contribution in [3.8, 4) is 0 Å². The second-order valence-corrected chi connectivity index (χ2v) is 3.25. The molecule has 0 aliphatic carbocycles. The molecule has 1 amide bonds. The Bertz CT molecular complexity index is 213. The molecule has 1 heterocycles. The Morgan fingerprint density at radius 2 is 1.93 bits per heavy atom. The number of aldehydes is 1. The van der Waals surface area contributed by atoms with Gasteiger partial charge in [-0.2, -0.15) is 0 Å². The summed E-state index contributed by atoms with van der Waals surface area (Å²) in [4.78, 5) is 25.1. The van der Waals surface area contributed by atoms with Gasteiger partial charge in [0, 0.05) is 26.2 Å². The fourth-order valence-corrected chi connectivity index (χ4v) is 1.48. The highest BCUT2D eigenvalue weighted by Gasteiger charge is 2.22. The van der Waals surface area contributed by atoms with E-state index in [4.69, 9.17) is 11.5 Å². The molecule has 6 heteroatoms. The number of hydrogen-bond donors (Lipinski definition) is 2. The van der Waals surface area contributed by atoms with Crippen LogP contribution in [0.25, 0.3) is 0 Å². The first-order chi connectivity index (χ1) is 6.69. The van der Waals surface area contributed by atoms with Gasteiger partial charge in [-0.15, -0.1) is 0 Å². The van der Waals surface area contributed by atoms with Gasteiger partial charge in [-0.25, -0.2) is 0 Å². The monoisotopic (exact) mass is 200 g/mol. The number of carbonyl (C=O) groups is 2. The molecule has 1 fully saturated rings. The maximum Gasteiger partial charge on any atom is 0.236 e. The summed E-state index contributed by atoms with van der Waals surface area (Å²) in [5.41, 5.74) is 10.8. The summed E-state index contributed by atoms with van der Waals surface area (Å²) in [6.45, 7) is 2.49. The molecule has 0 aromatic rings. The second-order valence-electron chi connectivity index (χ2n) is 3.25. The fourth-order valence-electron chi connectivity index (χ4n) is 1.48. The Labute approximate surface area is 82.8 Å². The summed E-state index contributed by atoms with van der Waals surface area (Å²) >= 11 is 0. The lowest BCUT2D eigenvalue weighted by molar-refractivity contribution is -0.131. The van der Waals surface area contributed by atoms with Crippen LogP contribution in [0.2, 0.25) is 0 Å². The van der Waals surface area contributed by atoms with E-state index in [1.807, 2.05) is 4.90 Å². The molecule has 1 rings (SSSR count). The molecule has 0 radical (unpaired) electrons. The van der Waals surface area contributed by atoms with Crippen LogP contribution in [-0.2, 0) is 9.59 Å². The van der Waals surface area contributed by atoms with Gasteiger partial charge in [-0.1, -0.05) is 0 Å². The SMILES string of the molecule is NCC(=O)N1CCN(C(N)C=O)CC1. The van der Waals surface area contributed by atoms with Gasteiger partial charge in [0.1, 0.15) is 6.17 Å². The van der Waals surface area contributed by atoms with Crippen molar-refractivity contribution in [3.05, 3.63) is 0 Å². The molecule has 6 nitrogen and oxygen atoms in total. The molecule has 1 aliphatic heterocycles. The van der Waals surface area contributed by atoms with Crippen molar-refractivity contribution < 1.29 is 9.59 Å². The molecule has 14 heavy (non-hydrogen) atoms. The van der Waals surface area contributed by atoms with Gasteiger partial charge in [-0.05, 0) is 0 Å². The molecule has 0 spiro atoms. The van der Waals surface area contributed by atoms with Gasteiger partial charge < -0.3 is 21.2 Å². The van der Waals surface area contributed by atoms with Gasteiger partial charge in [0.15, 0.2) is 6.29 Å². The quantitative estimate of drug-likeness (QED) is 0.494. The topological polar surface area (TPSA) is 92.7 Å². The van der Waals surface area contributed by atoms with Crippen LogP contribution in [0.1, 0.15) is 0 Å². The number of nitrogens with zero attached hydrogens (tertiary/aromatic N) is 2. The van der Waals surface area contributed by atoms with Crippen LogP contribution in [0.5, 0.6) is 0 Å². The molecular weight excluding hydrogens is 184 g/mol. The van der Waals surface area contributed by atoms with Crippen molar-refractivity contribution in [3.63, 3.8) is 0 Å². The Morgan fingerprint density at radius 1 is 1.36 bits per heavy atom. The van der Waals surface area contributed by atoms with Crippen LogP contribution >= 0.6 is 0 Å². The third-order valence-corrected chi connectivity index (χ3v) is 2.40. The summed E-state index contributed by atoms with van der Waals surface area (Å²) in [5.74, 6) is -0.0516. The van der Waals surface area contributed by atoms with E-state index in [1.54, 1.807) is 4.90 Å². The first-order valence-corrected chi connectivity index (χ1v) is 4.62. The van der Waals surface area contributed by atoms with Gasteiger partial charge >= 0.3 is 0 Å². The second kappa shape index (κ2) is 5.04. The predicted octanol–water partition coefficient (Wildman–Crippen LogP) is -2.43. The van der Waals surface area contributed by atoms with E-state index in [-0.39, 0.29) is 12.5 Å². The van der Waals surface area contributed by atoms with Gasteiger partial charge in [0.2, 0.25) is 5.91 Å². The zero-order valence-corrected chi connectivity index (χ0v) is 8.06. The van der Waals surface area contributed by atoms with E-state index in [1.165, 1.54) is 0 Å². The lowest BCUT2D eigenvalue weighted by Crippen LogP contribution is -2.55. The van der Waals surface area contributed by atoms with Crippen LogP contribution in [0.3, 0.4) is 0 Å². The van der Waals surface area contributed by atoms with Crippen molar-refractivity contribution in [1.29, 1.82) is 0 Å². The Hall–Kier alpha value is -0.980. The van der Waals surface area contributed by atoms with E-state index >= 15 is 0 Å². The third kappa shape index (κ3) is 2.50. The molecule has 0 aromatic heterocycles. The minimum absolute atomic E-state index is 0.0414. The van der Waals surface area contributed by atoms with E-state index in [9.17, 15) is 9.59 Å². The summed E-state index contributed by atoms with van der Waals surface area (Å²) in [6, 6.07) is 0. The lowest BCUT2D eigenvalue weighted by Gasteiger charge is -2.35. The zero-order valence-electron chi connectivity index (χ0n) is 8.06. The van der Waals surface area contributed by atoms with E-state index < -0.39 is 6.17 Å². The van der Waals surface area contributed by atoms with E-state index in [0.29, 0.717) is 32.5 Å². The fraction of sp³-hybridized carbons (Fsp3) is 0.750. The van der Waals surface area contributed by atoms with Gasteiger partial charge in [0.05, 0.1) is 6.54 Å². The van der Waals surface area contributed by atoms with Crippen LogP contribution in [0, 0.1) is 0 Å². The van der Waals surface area contributed by atoms with Crippen LogP contribution in [0.15, 0.2) is 0 Å². The zero-order chi connectivity index (χ0) is 10.6. The third-order valence-electron chi connectivity index (χ3n) is 2.40. The Kier molecular flexibility index (Phi) is 3.99. The average molecular weight is 200 g/mol. The van der Waals surface area contributed by atoms with Crippen molar-refractivity contribution in [2.45, 2.75) is 6.17 Å². The van der Waals surface area contributed by atoms with Crippen LogP contribution < -0.4 is 11.5 Å². The summed E-state index contributed by atoms with van der Waals surface area (Å²) < 4.78 is 0. The number of hydrogen-bond acceptors (Lipinski definition) is 5. The smallest absolute Gasteiger partial charge is 0.236 e. The molecule has 0 bridgehead atoms. The molecule has 80 valence electrons. The highest BCUT2D eigenvalue weighted by molar-refractivity contribution is 5.78. The highest BCUT2D eigenvalue weighted by Crippen LogP contribution is 2.02. The van der Waals surface area contributed by atoms with Crippen molar-refractivity contribution in [2.75, 3.05) is 32.7 Å². The normalized spacial score (nSPS) is 20.6. The molecule has 1 aliphatic rings. The largest absolute Gasteiger partial charge is 0.339 e. The first-order valence-electron chi connectivity index (χ1n) is 4.62. The van der Waals surface area contributed by atoms with E-state index in [2.05, 4.69) is 0 Å². The minimum atomic E-state index is -0.551. The van der Waals surface area contributed by atoms with Crippen LogP contribution in [-0.4, -0.2) is 60.9 Å². The minimum Gasteiger partial charge on any atom is -0.339 e. The highest BCUT2D eigenvalue weighted by atomic mass is 16.2. The van der Waals surface area contributed by atoms with Crippen molar-refractivity contribution in [1.82, 2.24) is 9.80 Å². The first kappa shape index (κ1) is 11.1. The Balaban J connectivity index is 2.38. The van der Waals surface area contributed by atoms with Crippen molar-refractivity contribution in [2.24, 2.45) is 11.5 Å². The average Bonchev–Trinajstić information content (AvgIpc) is 2.27. The summed E-state index contributed by atoms with van der Waals surface area (Å²) in [6.07, 6.45) is 0.158. The number of piperazine rings is 1. The Morgan fingerprint density at radius 3 is 2.36 bits per heavy atom. The number of amides is 1. The maximum absolute atomic E-state index is 11.2. The number of rotatable bonds is 3. The maximum atomic E-state index is 11.2. The molecule has 0 aromatic carbocycles.